The lowest BCUT2D eigenvalue weighted by atomic mass is 10.2. The zero-order valence-electron chi connectivity index (χ0n) is 9.83. The fourth-order valence-corrected chi connectivity index (χ4v) is 1.72. The standard InChI is InChI=1S/C12H14BrN3O/c1-3-16(2)12(17)8-15-11-6-4-5-10(13)9(11)7-14/h4-6,15H,3,8H2,1-2H3. The predicted molar refractivity (Wildman–Crippen MR) is 70.7 cm³/mol. The van der Waals surface area contributed by atoms with E-state index in [1.165, 1.54) is 0 Å². The molecule has 1 aromatic carbocycles. The highest BCUT2D eigenvalue weighted by atomic mass is 79.9. The summed E-state index contributed by atoms with van der Waals surface area (Å²) in [5.74, 6) is -0.00337. The molecule has 1 aromatic rings. The summed E-state index contributed by atoms with van der Waals surface area (Å²) >= 11 is 3.30. The maximum atomic E-state index is 11.6. The van der Waals surface area contributed by atoms with Gasteiger partial charge in [-0.15, -0.1) is 0 Å². The maximum absolute atomic E-state index is 11.6. The van der Waals surface area contributed by atoms with Crippen molar-refractivity contribution in [3.8, 4) is 6.07 Å². The van der Waals surface area contributed by atoms with Gasteiger partial charge in [0, 0.05) is 18.1 Å². The molecule has 17 heavy (non-hydrogen) atoms. The molecule has 1 amide bonds. The topological polar surface area (TPSA) is 56.1 Å². The van der Waals surface area contributed by atoms with Crippen LogP contribution in [-0.4, -0.2) is 30.9 Å². The van der Waals surface area contributed by atoms with Gasteiger partial charge in [0.25, 0.3) is 0 Å². The Morgan fingerprint density at radius 2 is 2.29 bits per heavy atom. The lowest BCUT2D eigenvalue weighted by Crippen LogP contribution is -2.32. The molecule has 4 nitrogen and oxygen atoms in total. The first kappa shape index (κ1) is 13.5. The Morgan fingerprint density at radius 3 is 2.88 bits per heavy atom. The number of benzene rings is 1. The summed E-state index contributed by atoms with van der Waals surface area (Å²) in [6.07, 6.45) is 0. The smallest absolute Gasteiger partial charge is 0.241 e. The Bertz CT molecular complexity index is 454. The molecule has 0 spiro atoms. The van der Waals surface area contributed by atoms with Gasteiger partial charge in [-0.2, -0.15) is 5.26 Å². The number of nitrogens with zero attached hydrogens (tertiary/aromatic N) is 2. The number of rotatable bonds is 4. The molecule has 0 bridgehead atoms. The Balaban J connectivity index is 2.74. The molecule has 0 atom stereocenters. The van der Waals surface area contributed by atoms with Crippen molar-refractivity contribution in [2.24, 2.45) is 0 Å². The van der Waals surface area contributed by atoms with E-state index in [1.54, 1.807) is 24.1 Å². The lowest BCUT2D eigenvalue weighted by molar-refractivity contribution is -0.127. The highest BCUT2D eigenvalue weighted by molar-refractivity contribution is 9.10. The predicted octanol–water partition coefficient (Wildman–Crippen LogP) is 2.21. The number of nitriles is 1. The summed E-state index contributed by atoms with van der Waals surface area (Å²) in [5.41, 5.74) is 1.18. The molecule has 5 heteroatoms. The van der Waals surface area contributed by atoms with E-state index in [9.17, 15) is 4.79 Å². The van der Waals surface area contributed by atoms with Gasteiger partial charge in [0.15, 0.2) is 0 Å². The minimum absolute atomic E-state index is 0.00337. The molecule has 0 fully saturated rings. The zero-order valence-corrected chi connectivity index (χ0v) is 11.4. The molecular formula is C12H14BrN3O. The van der Waals surface area contributed by atoms with Crippen molar-refractivity contribution in [3.05, 3.63) is 28.2 Å². The van der Waals surface area contributed by atoms with E-state index in [2.05, 4.69) is 27.3 Å². The number of likely N-dealkylation sites (N-methyl/N-ethyl adjacent to an activating group) is 1. The highest BCUT2D eigenvalue weighted by Gasteiger charge is 2.09. The van der Waals surface area contributed by atoms with Crippen LogP contribution in [0.1, 0.15) is 12.5 Å². The van der Waals surface area contributed by atoms with Gasteiger partial charge < -0.3 is 10.2 Å². The molecule has 0 unspecified atom stereocenters. The molecule has 0 aliphatic carbocycles. The van der Waals surface area contributed by atoms with E-state index in [0.717, 1.165) is 4.47 Å². The number of carbonyl (C=O) groups excluding carboxylic acids is 1. The molecule has 0 radical (unpaired) electrons. The second-order valence-corrected chi connectivity index (χ2v) is 4.39. The normalized spacial score (nSPS) is 9.53. The number of hydrogen-bond donors (Lipinski definition) is 1. The first-order valence-electron chi connectivity index (χ1n) is 5.26. The summed E-state index contributed by atoms with van der Waals surface area (Å²) in [6.45, 7) is 2.78. The number of nitrogens with one attached hydrogen (secondary N) is 1. The summed E-state index contributed by atoms with van der Waals surface area (Å²) in [6, 6.07) is 7.49. The average Bonchev–Trinajstić information content (AvgIpc) is 2.34. The first-order chi connectivity index (χ1) is 8.10. The van der Waals surface area contributed by atoms with Crippen LogP contribution in [0.3, 0.4) is 0 Å². The van der Waals surface area contributed by atoms with Gasteiger partial charge in [-0.05, 0) is 35.0 Å². The summed E-state index contributed by atoms with van der Waals surface area (Å²) in [7, 11) is 1.75. The van der Waals surface area contributed by atoms with Crippen molar-refractivity contribution < 1.29 is 4.79 Å². The van der Waals surface area contributed by atoms with Crippen LogP contribution in [0.25, 0.3) is 0 Å². The molecule has 0 saturated heterocycles. The molecule has 0 aliphatic rings. The molecule has 1 rings (SSSR count). The number of carbonyl (C=O) groups is 1. The summed E-state index contributed by atoms with van der Waals surface area (Å²) in [5, 5.41) is 12.0. The number of amides is 1. The van der Waals surface area contributed by atoms with Gasteiger partial charge in [0.05, 0.1) is 17.8 Å². The Kier molecular flexibility index (Phi) is 4.98. The molecular weight excluding hydrogens is 282 g/mol. The monoisotopic (exact) mass is 295 g/mol. The van der Waals surface area contributed by atoms with Crippen molar-refractivity contribution >= 4 is 27.5 Å². The van der Waals surface area contributed by atoms with Gasteiger partial charge in [-0.3, -0.25) is 4.79 Å². The van der Waals surface area contributed by atoms with Crippen molar-refractivity contribution in [3.63, 3.8) is 0 Å². The molecule has 90 valence electrons. The van der Waals surface area contributed by atoms with Crippen molar-refractivity contribution in [2.45, 2.75) is 6.92 Å². The van der Waals surface area contributed by atoms with E-state index >= 15 is 0 Å². The quantitative estimate of drug-likeness (QED) is 0.926. The molecule has 0 heterocycles. The van der Waals surface area contributed by atoms with E-state index in [1.807, 2.05) is 13.0 Å². The minimum atomic E-state index is -0.00337. The molecule has 0 aliphatic heterocycles. The van der Waals surface area contributed by atoms with Crippen LogP contribution >= 0.6 is 15.9 Å². The largest absolute Gasteiger partial charge is 0.375 e. The second kappa shape index (κ2) is 6.26. The third kappa shape index (κ3) is 3.46. The third-order valence-corrected chi connectivity index (χ3v) is 3.12. The molecule has 0 saturated carbocycles. The second-order valence-electron chi connectivity index (χ2n) is 3.54. The fourth-order valence-electron chi connectivity index (χ4n) is 1.27. The van der Waals surface area contributed by atoms with Gasteiger partial charge >= 0.3 is 0 Å². The van der Waals surface area contributed by atoms with Crippen LogP contribution in [-0.2, 0) is 4.79 Å². The van der Waals surface area contributed by atoms with Crippen molar-refractivity contribution in [1.82, 2.24) is 4.90 Å². The first-order valence-corrected chi connectivity index (χ1v) is 6.05. The molecule has 1 N–H and O–H groups in total. The highest BCUT2D eigenvalue weighted by Crippen LogP contribution is 2.23. The lowest BCUT2D eigenvalue weighted by Gasteiger charge is -2.15. The fraction of sp³-hybridized carbons (Fsp3) is 0.333. The van der Waals surface area contributed by atoms with Crippen LogP contribution in [0, 0.1) is 11.3 Å². The van der Waals surface area contributed by atoms with Crippen LogP contribution in [0.2, 0.25) is 0 Å². The number of anilines is 1. The Morgan fingerprint density at radius 1 is 1.59 bits per heavy atom. The minimum Gasteiger partial charge on any atom is -0.375 e. The van der Waals surface area contributed by atoms with E-state index in [-0.39, 0.29) is 12.5 Å². The van der Waals surface area contributed by atoms with Crippen LogP contribution in [0.5, 0.6) is 0 Å². The van der Waals surface area contributed by atoms with Gasteiger partial charge in [0.2, 0.25) is 5.91 Å². The van der Waals surface area contributed by atoms with Crippen LogP contribution in [0.4, 0.5) is 5.69 Å². The average molecular weight is 296 g/mol. The van der Waals surface area contributed by atoms with E-state index < -0.39 is 0 Å². The van der Waals surface area contributed by atoms with Crippen LogP contribution < -0.4 is 5.32 Å². The van der Waals surface area contributed by atoms with E-state index in [4.69, 9.17) is 5.26 Å². The number of halogens is 1. The van der Waals surface area contributed by atoms with Crippen molar-refractivity contribution in [1.29, 1.82) is 5.26 Å². The van der Waals surface area contributed by atoms with E-state index in [0.29, 0.717) is 17.8 Å². The molecule has 0 aromatic heterocycles. The third-order valence-electron chi connectivity index (χ3n) is 2.46. The zero-order chi connectivity index (χ0) is 12.8. The maximum Gasteiger partial charge on any atom is 0.241 e. The Hall–Kier alpha value is -1.54. The van der Waals surface area contributed by atoms with Crippen molar-refractivity contribution in [2.75, 3.05) is 25.5 Å². The summed E-state index contributed by atoms with van der Waals surface area (Å²) < 4.78 is 0.723. The van der Waals surface area contributed by atoms with Gasteiger partial charge in [-0.1, -0.05) is 6.07 Å². The van der Waals surface area contributed by atoms with Crippen LogP contribution in [0.15, 0.2) is 22.7 Å². The Labute approximate surface area is 109 Å². The van der Waals surface area contributed by atoms with Gasteiger partial charge in [-0.25, -0.2) is 0 Å². The SMILES string of the molecule is CCN(C)C(=O)CNc1cccc(Br)c1C#N. The summed E-state index contributed by atoms with van der Waals surface area (Å²) in [4.78, 5) is 13.2. The number of hydrogen-bond acceptors (Lipinski definition) is 3. The van der Waals surface area contributed by atoms with Gasteiger partial charge in [0.1, 0.15) is 6.07 Å².